The van der Waals surface area contributed by atoms with Crippen LogP contribution in [0.15, 0.2) is 58.7 Å². The van der Waals surface area contributed by atoms with Crippen molar-refractivity contribution in [3.8, 4) is 28.6 Å². The highest BCUT2D eigenvalue weighted by atomic mass is 79.9. The summed E-state index contributed by atoms with van der Waals surface area (Å²) in [6.45, 7) is 8.56. The van der Waals surface area contributed by atoms with Crippen LogP contribution in [0.1, 0.15) is 25.6 Å². The highest BCUT2D eigenvalue weighted by Gasteiger charge is 2.27. The van der Waals surface area contributed by atoms with E-state index < -0.39 is 6.23 Å². The lowest BCUT2D eigenvalue weighted by molar-refractivity contribution is 0.223. The Kier molecular flexibility index (Phi) is 7.16. The summed E-state index contributed by atoms with van der Waals surface area (Å²) in [5.41, 5.74) is 3.21. The number of para-hydroxylation sites is 1. The van der Waals surface area contributed by atoms with Crippen LogP contribution in [0.25, 0.3) is 11.3 Å². The van der Waals surface area contributed by atoms with Crippen molar-refractivity contribution in [1.29, 1.82) is 0 Å². The number of aromatic nitrogens is 3. The second-order valence-electron chi connectivity index (χ2n) is 6.73. The molecule has 0 radical (unpaired) electrons. The number of benzene rings is 2. The van der Waals surface area contributed by atoms with Crippen molar-refractivity contribution in [3.63, 3.8) is 0 Å². The number of hydrogen-bond acceptors (Lipinski definition) is 8. The van der Waals surface area contributed by atoms with Gasteiger partial charge in [-0.05, 0) is 46.8 Å². The average Bonchev–Trinajstić information content (AvgIpc) is 2.95. The molecule has 32 heavy (non-hydrogen) atoms. The topological polar surface area (TPSA) is 78.4 Å². The summed E-state index contributed by atoms with van der Waals surface area (Å²) in [5.74, 6) is 2.51. The molecule has 1 atom stereocenters. The summed E-state index contributed by atoms with van der Waals surface area (Å²) in [6.07, 6.45) is 1.16. The number of hydrogen-bond donors (Lipinski definition) is 1. The Morgan fingerprint density at radius 1 is 1.22 bits per heavy atom. The fourth-order valence-corrected chi connectivity index (χ4v) is 4.35. The maximum absolute atomic E-state index is 6.35. The molecule has 0 amide bonds. The molecule has 4 rings (SSSR count). The minimum absolute atomic E-state index is 0.372. The van der Waals surface area contributed by atoms with Gasteiger partial charge in [-0.15, -0.1) is 10.2 Å². The normalized spacial score (nSPS) is 14.3. The molecular weight excluding hydrogens is 492 g/mol. The Morgan fingerprint density at radius 2 is 2.06 bits per heavy atom. The van der Waals surface area contributed by atoms with E-state index in [0.29, 0.717) is 41.4 Å². The molecule has 1 aliphatic heterocycles. The van der Waals surface area contributed by atoms with Crippen molar-refractivity contribution >= 4 is 33.4 Å². The number of thioether (sulfide) groups is 1. The Labute approximate surface area is 199 Å². The van der Waals surface area contributed by atoms with Crippen LogP contribution in [0.2, 0.25) is 0 Å². The van der Waals surface area contributed by atoms with Crippen LogP contribution in [0, 0.1) is 0 Å². The van der Waals surface area contributed by atoms with E-state index in [4.69, 9.17) is 14.2 Å². The van der Waals surface area contributed by atoms with Gasteiger partial charge in [-0.1, -0.05) is 49.5 Å². The Morgan fingerprint density at radius 3 is 2.84 bits per heavy atom. The number of ether oxygens (including phenoxy) is 3. The number of halogens is 1. The van der Waals surface area contributed by atoms with Crippen LogP contribution in [-0.2, 0) is 0 Å². The fourth-order valence-electron chi connectivity index (χ4n) is 3.27. The molecular formula is C23H23BrN4O3S. The van der Waals surface area contributed by atoms with E-state index in [1.807, 2.05) is 50.2 Å². The average molecular weight is 515 g/mol. The van der Waals surface area contributed by atoms with Gasteiger partial charge >= 0.3 is 0 Å². The first-order valence-electron chi connectivity index (χ1n) is 10.2. The van der Waals surface area contributed by atoms with Gasteiger partial charge in [-0.3, -0.25) is 0 Å². The molecule has 0 unspecified atom stereocenters. The molecule has 0 bridgehead atoms. The van der Waals surface area contributed by atoms with E-state index in [1.54, 1.807) is 6.08 Å². The van der Waals surface area contributed by atoms with Crippen LogP contribution < -0.4 is 19.5 Å². The van der Waals surface area contributed by atoms with Crippen LogP contribution in [0.5, 0.6) is 17.4 Å². The lowest BCUT2D eigenvalue weighted by Gasteiger charge is -2.22. The quantitative estimate of drug-likeness (QED) is 0.295. The molecule has 1 aliphatic rings. The first-order valence-corrected chi connectivity index (χ1v) is 12.0. The standard InChI is InChI=1S/C23H23BrN4O3S/c1-4-11-30-20-16(24)12-14(13-18(20)29-5-2)21-25-17-10-8-7-9-15(17)19-22(31-21)26-23(28-27-19)32-6-3/h4,7-10,12-13,21,25H,1,5-6,11H2,2-3H3/t21-/m0/s1. The number of anilines is 1. The third-order valence-electron chi connectivity index (χ3n) is 4.59. The number of nitrogens with one attached hydrogen (secondary N) is 1. The maximum Gasteiger partial charge on any atom is 0.247 e. The van der Waals surface area contributed by atoms with Gasteiger partial charge in [0.2, 0.25) is 11.0 Å². The van der Waals surface area contributed by atoms with Crippen LogP contribution >= 0.6 is 27.7 Å². The van der Waals surface area contributed by atoms with E-state index in [9.17, 15) is 0 Å². The molecule has 0 spiro atoms. The summed E-state index contributed by atoms with van der Waals surface area (Å²) in [6, 6.07) is 11.7. The zero-order valence-corrected chi connectivity index (χ0v) is 20.2. The summed E-state index contributed by atoms with van der Waals surface area (Å²) in [4.78, 5) is 4.63. The lowest BCUT2D eigenvalue weighted by Crippen LogP contribution is -2.17. The monoisotopic (exact) mass is 514 g/mol. The molecule has 1 N–H and O–H groups in total. The number of rotatable bonds is 8. The molecule has 1 aromatic heterocycles. The van der Waals surface area contributed by atoms with Crippen molar-refractivity contribution in [2.75, 3.05) is 24.3 Å². The largest absolute Gasteiger partial charge is 0.490 e. The van der Waals surface area contributed by atoms with Crippen molar-refractivity contribution < 1.29 is 14.2 Å². The predicted octanol–water partition coefficient (Wildman–Crippen LogP) is 5.88. The zero-order chi connectivity index (χ0) is 22.5. The molecule has 2 aromatic carbocycles. The number of fused-ring (bicyclic) bond motifs is 3. The van der Waals surface area contributed by atoms with Gasteiger partial charge in [-0.2, -0.15) is 4.98 Å². The van der Waals surface area contributed by atoms with Gasteiger partial charge in [0.1, 0.15) is 6.61 Å². The molecule has 0 fully saturated rings. The van der Waals surface area contributed by atoms with Crippen molar-refractivity contribution in [2.24, 2.45) is 0 Å². The molecule has 9 heteroatoms. The third kappa shape index (κ3) is 4.68. The van der Waals surface area contributed by atoms with Crippen molar-refractivity contribution in [2.45, 2.75) is 25.2 Å². The first-order chi connectivity index (χ1) is 15.6. The van der Waals surface area contributed by atoms with E-state index >= 15 is 0 Å². The molecule has 0 aliphatic carbocycles. The molecule has 166 valence electrons. The van der Waals surface area contributed by atoms with E-state index in [2.05, 4.69) is 43.0 Å². The Bertz CT molecular complexity index is 1130. The maximum atomic E-state index is 6.35. The lowest BCUT2D eigenvalue weighted by atomic mass is 10.1. The summed E-state index contributed by atoms with van der Waals surface area (Å²) < 4.78 is 18.8. The van der Waals surface area contributed by atoms with Crippen molar-refractivity contribution in [1.82, 2.24) is 15.2 Å². The Balaban J connectivity index is 1.79. The minimum Gasteiger partial charge on any atom is -0.490 e. The zero-order valence-electron chi connectivity index (χ0n) is 17.8. The minimum atomic E-state index is -0.530. The van der Waals surface area contributed by atoms with E-state index in [0.717, 1.165) is 27.0 Å². The first kappa shape index (κ1) is 22.4. The van der Waals surface area contributed by atoms with Crippen LogP contribution in [0.3, 0.4) is 0 Å². The van der Waals surface area contributed by atoms with Crippen molar-refractivity contribution in [3.05, 3.63) is 59.1 Å². The van der Waals surface area contributed by atoms with E-state index in [1.165, 1.54) is 11.8 Å². The Hall–Kier alpha value is -2.78. The third-order valence-corrected chi connectivity index (χ3v) is 5.90. The summed E-state index contributed by atoms with van der Waals surface area (Å²) in [5, 5.41) is 12.7. The van der Waals surface area contributed by atoms with Gasteiger partial charge in [-0.25, -0.2) is 0 Å². The second kappa shape index (κ2) is 10.2. The van der Waals surface area contributed by atoms with Gasteiger partial charge in [0.05, 0.1) is 11.1 Å². The second-order valence-corrected chi connectivity index (χ2v) is 8.82. The fraction of sp³-hybridized carbons (Fsp3) is 0.261. The molecule has 0 saturated carbocycles. The van der Waals surface area contributed by atoms with Gasteiger partial charge in [0, 0.05) is 16.8 Å². The molecule has 0 saturated heterocycles. The van der Waals surface area contributed by atoms with Gasteiger partial charge in [0.15, 0.2) is 23.4 Å². The molecule has 7 nitrogen and oxygen atoms in total. The SMILES string of the molecule is C=CCOc1c(Br)cc([C@H]2Nc3ccccc3-c3nnc(SCC)nc3O2)cc1OCC. The van der Waals surface area contributed by atoms with Crippen LogP contribution in [0.4, 0.5) is 5.69 Å². The van der Waals surface area contributed by atoms with Gasteiger partial charge in [0.25, 0.3) is 0 Å². The highest BCUT2D eigenvalue weighted by Crippen LogP contribution is 2.43. The smallest absolute Gasteiger partial charge is 0.247 e. The van der Waals surface area contributed by atoms with Crippen LogP contribution in [-0.4, -0.2) is 34.1 Å². The summed E-state index contributed by atoms with van der Waals surface area (Å²) >= 11 is 5.13. The molecule has 2 heterocycles. The molecule has 3 aromatic rings. The van der Waals surface area contributed by atoms with E-state index in [-0.39, 0.29) is 0 Å². The highest BCUT2D eigenvalue weighted by molar-refractivity contribution is 9.10. The predicted molar refractivity (Wildman–Crippen MR) is 130 cm³/mol. The number of nitrogens with zero attached hydrogens (tertiary/aromatic N) is 3. The summed E-state index contributed by atoms with van der Waals surface area (Å²) in [7, 11) is 0. The van der Waals surface area contributed by atoms with Gasteiger partial charge < -0.3 is 19.5 Å².